The van der Waals surface area contributed by atoms with E-state index in [-0.39, 0.29) is 24.6 Å². The molecular formula is C19H18F2N2O3. The highest BCUT2D eigenvalue weighted by Gasteiger charge is 2.27. The van der Waals surface area contributed by atoms with Crippen LogP contribution in [0.1, 0.15) is 20.7 Å². The number of hydrogen-bond donors (Lipinski definition) is 0. The van der Waals surface area contributed by atoms with Crippen LogP contribution in [0.5, 0.6) is 5.75 Å². The first-order valence-corrected chi connectivity index (χ1v) is 8.18. The Hall–Kier alpha value is -2.96. The van der Waals surface area contributed by atoms with E-state index in [0.29, 0.717) is 30.5 Å². The first-order valence-electron chi connectivity index (χ1n) is 8.18. The summed E-state index contributed by atoms with van der Waals surface area (Å²) in [6.45, 7) is 1.20. The minimum Gasteiger partial charge on any atom is -0.496 e. The number of ether oxygens (including phenoxy) is 1. The zero-order valence-corrected chi connectivity index (χ0v) is 14.2. The Morgan fingerprint density at radius 2 is 1.46 bits per heavy atom. The normalized spacial score (nSPS) is 14.3. The van der Waals surface area contributed by atoms with E-state index in [9.17, 15) is 18.4 Å². The molecule has 0 spiro atoms. The van der Waals surface area contributed by atoms with Crippen molar-refractivity contribution >= 4 is 11.8 Å². The average molecular weight is 360 g/mol. The van der Waals surface area contributed by atoms with Crippen LogP contribution in [-0.2, 0) is 0 Å². The fourth-order valence-corrected chi connectivity index (χ4v) is 2.94. The number of rotatable bonds is 3. The molecule has 1 saturated heterocycles. The second kappa shape index (κ2) is 7.51. The molecular weight excluding hydrogens is 342 g/mol. The van der Waals surface area contributed by atoms with Gasteiger partial charge < -0.3 is 14.5 Å². The van der Waals surface area contributed by atoms with Gasteiger partial charge in [-0.05, 0) is 24.3 Å². The minimum absolute atomic E-state index is 0.170. The number of methoxy groups -OCH3 is 1. The molecule has 0 aromatic heterocycles. The molecule has 3 rings (SSSR count). The van der Waals surface area contributed by atoms with Crippen LogP contribution in [0.4, 0.5) is 8.78 Å². The van der Waals surface area contributed by atoms with E-state index < -0.39 is 17.5 Å². The number of halogens is 2. The third kappa shape index (κ3) is 3.51. The lowest BCUT2D eigenvalue weighted by molar-refractivity contribution is 0.0531. The number of hydrogen-bond acceptors (Lipinski definition) is 3. The van der Waals surface area contributed by atoms with Crippen molar-refractivity contribution in [2.24, 2.45) is 0 Å². The van der Waals surface area contributed by atoms with Crippen molar-refractivity contribution in [3.8, 4) is 5.75 Å². The van der Waals surface area contributed by atoms with Gasteiger partial charge in [-0.1, -0.05) is 12.1 Å². The highest BCUT2D eigenvalue weighted by Crippen LogP contribution is 2.21. The molecule has 136 valence electrons. The molecule has 1 aliphatic heterocycles. The molecule has 1 heterocycles. The van der Waals surface area contributed by atoms with Gasteiger partial charge in [0.05, 0.1) is 18.2 Å². The molecule has 7 heteroatoms. The molecule has 2 aromatic carbocycles. The number of benzene rings is 2. The standard InChI is InChI=1S/C19H18F2N2O3/c1-26-17-5-3-2-4-15(17)19(25)23-10-8-22(9-11-23)18(24)14-7-6-13(20)12-16(14)21/h2-7,12H,8-11H2,1H3. The lowest BCUT2D eigenvalue weighted by Gasteiger charge is -2.35. The fourth-order valence-electron chi connectivity index (χ4n) is 2.94. The topological polar surface area (TPSA) is 49.9 Å². The van der Waals surface area contributed by atoms with Crippen LogP contribution in [0.2, 0.25) is 0 Å². The van der Waals surface area contributed by atoms with E-state index in [4.69, 9.17) is 4.74 Å². The molecule has 0 atom stereocenters. The monoisotopic (exact) mass is 360 g/mol. The zero-order valence-electron chi connectivity index (χ0n) is 14.2. The Bertz CT molecular complexity index is 833. The van der Waals surface area contributed by atoms with Crippen molar-refractivity contribution < 1.29 is 23.1 Å². The van der Waals surface area contributed by atoms with Crippen LogP contribution >= 0.6 is 0 Å². The molecule has 0 bridgehead atoms. The van der Waals surface area contributed by atoms with Gasteiger partial charge in [-0.2, -0.15) is 0 Å². The molecule has 1 fully saturated rings. The predicted octanol–water partition coefficient (Wildman–Crippen LogP) is 2.57. The van der Waals surface area contributed by atoms with Gasteiger partial charge in [-0.25, -0.2) is 8.78 Å². The first-order chi connectivity index (χ1) is 12.5. The van der Waals surface area contributed by atoms with Gasteiger partial charge >= 0.3 is 0 Å². The third-order valence-electron chi connectivity index (χ3n) is 4.35. The molecule has 0 saturated carbocycles. The summed E-state index contributed by atoms with van der Waals surface area (Å²) in [7, 11) is 1.50. The van der Waals surface area contributed by atoms with Crippen molar-refractivity contribution in [3.63, 3.8) is 0 Å². The fraction of sp³-hybridized carbons (Fsp3) is 0.263. The number of carbonyl (C=O) groups is 2. The van der Waals surface area contributed by atoms with Crippen molar-refractivity contribution in [1.82, 2.24) is 9.80 Å². The van der Waals surface area contributed by atoms with Gasteiger partial charge in [0, 0.05) is 32.2 Å². The lowest BCUT2D eigenvalue weighted by atomic mass is 10.1. The Labute approximate surface area is 149 Å². The predicted molar refractivity (Wildman–Crippen MR) is 91.2 cm³/mol. The van der Waals surface area contributed by atoms with Gasteiger partial charge in [0.1, 0.15) is 17.4 Å². The van der Waals surface area contributed by atoms with Crippen LogP contribution in [0.15, 0.2) is 42.5 Å². The number of para-hydroxylation sites is 1. The van der Waals surface area contributed by atoms with E-state index in [1.165, 1.54) is 12.0 Å². The summed E-state index contributed by atoms with van der Waals surface area (Å²) >= 11 is 0. The van der Waals surface area contributed by atoms with E-state index >= 15 is 0 Å². The van der Waals surface area contributed by atoms with Gasteiger partial charge in [0.15, 0.2) is 0 Å². The summed E-state index contributed by atoms with van der Waals surface area (Å²) in [5.74, 6) is -1.81. The van der Waals surface area contributed by atoms with Gasteiger partial charge in [-0.15, -0.1) is 0 Å². The largest absolute Gasteiger partial charge is 0.496 e. The third-order valence-corrected chi connectivity index (χ3v) is 4.35. The van der Waals surface area contributed by atoms with Gasteiger partial charge in [-0.3, -0.25) is 9.59 Å². The minimum atomic E-state index is -0.887. The molecule has 5 nitrogen and oxygen atoms in total. The zero-order chi connectivity index (χ0) is 18.7. The smallest absolute Gasteiger partial charge is 0.257 e. The Kier molecular flexibility index (Phi) is 5.16. The van der Waals surface area contributed by atoms with E-state index in [2.05, 4.69) is 0 Å². The molecule has 0 radical (unpaired) electrons. The summed E-state index contributed by atoms with van der Waals surface area (Å²) in [6, 6.07) is 9.82. The maximum Gasteiger partial charge on any atom is 0.257 e. The molecule has 2 aromatic rings. The summed E-state index contributed by atoms with van der Waals surface area (Å²) in [4.78, 5) is 28.2. The summed E-state index contributed by atoms with van der Waals surface area (Å²) in [6.07, 6.45) is 0. The maximum atomic E-state index is 13.8. The van der Waals surface area contributed by atoms with E-state index in [1.54, 1.807) is 29.2 Å². The second-order valence-electron chi connectivity index (χ2n) is 5.91. The molecule has 26 heavy (non-hydrogen) atoms. The number of piperazine rings is 1. The van der Waals surface area contributed by atoms with E-state index in [1.807, 2.05) is 0 Å². The Morgan fingerprint density at radius 3 is 2.04 bits per heavy atom. The summed E-state index contributed by atoms with van der Waals surface area (Å²) in [5, 5.41) is 0. The van der Waals surface area contributed by atoms with Crippen molar-refractivity contribution in [1.29, 1.82) is 0 Å². The SMILES string of the molecule is COc1ccccc1C(=O)N1CCN(C(=O)c2ccc(F)cc2F)CC1. The van der Waals surface area contributed by atoms with E-state index in [0.717, 1.165) is 12.1 Å². The Morgan fingerprint density at radius 1 is 0.885 bits per heavy atom. The average Bonchev–Trinajstić information content (AvgIpc) is 2.67. The van der Waals surface area contributed by atoms with Gasteiger partial charge in [0.25, 0.3) is 11.8 Å². The number of amides is 2. The van der Waals surface area contributed by atoms with Crippen LogP contribution in [0.25, 0.3) is 0 Å². The molecule has 0 N–H and O–H groups in total. The van der Waals surface area contributed by atoms with Crippen molar-refractivity contribution in [2.45, 2.75) is 0 Å². The summed E-state index contributed by atoms with van der Waals surface area (Å²) in [5.41, 5.74) is 0.287. The number of nitrogens with zero attached hydrogens (tertiary/aromatic N) is 2. The molecule has 2 amide bonds. The molecule has 0 aliphatic carbocycles. The van der Waals surface area contributed by atoms with Crippen molar-refractivity contribution in [2.75, 3.05) is 33.3 Å². The summed E-state index contributed by atoms with van der Waals surface area (Å²) < 4.78 is 32.0. The Balaban J connectivity index is 1.67. The number of carbonyl (C=O) groups excluding carboxylic acids is 2. The van der Waals surface area contributed by atoms with Crippen LogP contribution in [-0.4, -0.2) is 54.9 Å². The maximum absolute atomic E-state index is 13.8. The van der Waals surface area contributed by atoms with Crippen LogP contribution in [0.3, 0.4) is 0 Å². The quantitative estimate of drug-likeness (QED) is 0.845. The van der Waals surface area contributed by atoms with Crippen molar-refractivity contribution in [3.05, 3.63) is 65.2 Å². The molecule has 1 aliphatic rings. The second-order valence-corrected chi connectivity index (χ2v) is 5.91. The van der Waals surface area contributed by atoms with Crippen LogP contribution in [0, 0.1) is 11.6 Å². The first kappa shape index (κ1) is 17.8. The highest BCUT2D eigenvalue weighted by atomic mass is 19.1. The lowest BCUT2D eigenvalue weighted by Crippen LogP contribution is -2.50. The molecule has 0 unspecified atom stereocenters. The van der Waals surface area contributed by atoms with Gasteiger partial charge in [0.2, 0.25) is 0 Å². The highest BCUT2D eigenvalue weighted by molar-refractivity contribution is 5.97. The van der Waals surface area contributed by atoms with Crippen LogP contribution < -0.4 is 4.74 Å².